The van der Waals surface area contributed by atoms with Crippen LogP contribution in [0.4, 0.5) is 0 Å². The number of ether oxygens (including phenoxy) is 1. The van der Waals surface area contributed by atoms with Crippen molar-refractivity contribution in [2.45, 2.75) is 39.5 Å². The fourth-order valence-corrected chi connectivity index (χ4v) is 3.46. The number of hydrogen-bond acceptors (Lipinski definition) is 5. The second-order valence-corrected chi connectivity index (χ2v) is 6.39. The summed E-state index contributed by atoms with van der Waals surface area (Å²) in [7, 11) is 0. The molecule has 2 heterocycles. The van der Waals surface area contributed by atoms with Crippen LogP contribution in [0.1, 0.15) is 49.5 Å². The molecule has 0 spiro atoms. The van der Waals surface area contributed by atoms with Crippen molar-refractivity contribution < 1.29 is 9.84 Å². The molecule has 5 nitrogen and oxygen atoms in total. The van der Waals surface area contributed by atoms with Gasteiger partial charge >= 0.3 is 0 Å². The van der Waals surface area contributed by atoms with Gasteiger partial charge in [-0.05, 0) is 32.9 Å². The molecule has 0 aliphatic carbocycles. The van der Waals surface area contributed by atoms with Crippen LogP contribution in [0.15, 0.2) is 29.6 Å². The molecule has 0 radical (unpaired) electrons. The first-order chi connectivity index (χ1) is 11.1. The van der Waals surface area contributed by atoms with E-state index in [1.165, 1.54) is 0 Å². The molecular formula is C17H21N3O2S. The second kappa shape index (κ2) is 6.78. The molecule has 2 atom stereocenters. The summed E-state index contributed by atoms with van der Waals surface area (Å²) in [4.78, 5) is 9.22. The van der Waals surface area contributed by atoms with Gasteiger partial charge in [0.15, 0.2) is 0 Å². The lowest BCUT2D eigenvalue weighted by Gasteiger charge is -2.10. The van der Waals surface area contributed by atoms with Gasteiger partial charge in [0.05, 0.1) is 23.3 Å². The second-order valence-electron chi connectivity index (χ2n) is 5.50. The average molecular weight is 331 g/mol. The van der Waals surface area contributed by atoms with Crippen molar-refractivity contribution >= 4 is 22.4 Å². The van der Waals surface area contributed by atoms with Crippen molar-refractivity contribution in [2.75, 3.05) is 6.61 Å². The normalized spacial score (nSPS) is 14.3. The Morgan fingerprint density at radius 1 is 1.26 bits per heavy atom. The molecule has 0 amide bonds. The first-order valence-electron chi connectivity index (χ1n) is 7.79. The lowest BCUT2D eigenvalue weighted by Crippen LogP contribution is -2.08. The molecule has 0 aliphatic heterocycles. The van der Waals surface area contributed by atoms with Crippen molar-refractivity contribution in [1.82, 2.24) is 14.5 Å². The number of aromatic nitrogens is 3. The predicted octanol–water partition coefficient (Wildman–Crippen LogP) is 3.69. The van der Waals surface area contributed by atoms with Crippen LogP contribution in [-0.2, 0) is 11.3 Å². The minimum absolute atomic E-state index is 0.00881. The average Bonchev–Trinajstić information content (AvgIpc) is 3.13. The van der Waals surface area contributed by atoms with Gasteiger partial charge in [0.1, 0.15) is 23.0 Å². The van der Waals surface area contributed by atoms with Gasteiger partial charge in [-0.15, -0.1) is 11.3 Å². The highest BCUT2D eigenvalue weighted by atomic mass is 32.1. The van der Waals surface area contributed by atoms with Crippen LogP contribution in [0.25, 0.3) is 11.0 Å². The SMILES string of the molecule is CCO[C@@H](C)c1nc(Cn2c([C@H](C)O)nc3ccccc32)cs1. The van der Waals surface area contributed by atoms with Gasteiger partial charge in [-0.2, -0.15) is 0 Å². The van der Waals surface area contributed by atoms with Crippen LogP contribution in [0.2, 0.25) is 0 Å². The first-order valence-corrected chi connectivity index (χ1v) is 8.67. The number of para-hydroxylation sites is 2. The number of aliphatic hydroxyl groups is 1. The number of hydrogen-bond donors (Lipinski definition) is 1. The molecule has 0 saturated heterocycles. The molecule has 0 aliphatic rings. The third-order valence-corrected chi connectivity index (χ3v) is 4.77. The molecule has 2 aromatic heterocycles. The minimum Gasteiger partial charge on any atom is -0.385 e. The smallest absolute Gasteiger partial charge is 0.138 e. The van der Waals surface area contributed by atoms with Gasteiger partial charge in [0.2, 0.25) is 0 Å². The number of rotatable bonds is 6. The van der Waals surface area contributed by atoms with Crippen LogP contribution < -0.4 is 0 Å². The van der Waals surface area contributed by atoms with E-state index in [9.17, 15) is 5.11 Å². The highest BCUT2D eigenvalue weighted by Gasteiger charge is 2.17. The largest absolute Gasteiger partial charge is 0.385 e. The monoisotopic (exact) mass is 331 g/mol. The Bertz CT molecular complexity index is 794. The number of aliphatic hydroxyl groups excluding tert-OH is 1. The summed E-state index contributed by atoms with van der Waals surface area (Å²) in [5, 5.41) is 13.0. The third-order valence-electron chi connectivity index (χ3n) is 3.71. The third kappa shape index (κ3) is 3.29. The Kier molecular flexibility index (Phi) is 4.75. The fourth-order valence-electron chi connectivity index (χ4n) is 2.64. The molecule has 1 aromatic carbocycles. The van der Waals surface area contributed by atoms with E-state index in [0.717, 1.165) is 21.7 Å². The summed E-state index contributed by atoms with van der Waals surface area (Å²) >= 11 is 1.61. The molecule has 6 heteroatoms. The van der Waals surface area contributed by atoms with Crippen LogP contribution in [-0.4, -0.2) is 26.2 Å². The molecular weight excluding hydrogens is 310 g/mol. The molecule has 3 rings (SSSR count). The number of imidazole rings is 1. The van der Waals surface area contributed by atoms with E-state index in [1.54, 1.807) is 18.3 Å². The summed E-state index contributed by atoms with van der Waals surface area (Å²) in [5.74, 6) is 0.665. The maximum Gasteiger partial charge on any atom is 0.138 e. The van der Waals surface area contributed by atoms with Gasteiger partial charge in [-0.3, -0.25) is 0 Å². The molecule has 0 fully saturated rings. The van der Waals surface area contributed by atoms with Gasteiger partial charge < -0.3 is 14.4 Å². The Morgan fingerprint density at radius 3 is 2.78 bits per heavy atom. The van der Waals surface area contributed by atoms with Gasteiger partial charge in [-0.1, -0.05) is 12.1 Å². The fraction of sp³-hybridized carbons (Fsp3) is 0.412. The topological polar surface area (TPSA) is 60.2 Å². The Balaban J connectivity index is 1.93. The molecule has 23 heavy (non-hydrogen) atoms. The molecule has 122 valence electrons. The van der Waals surface area contributed by atoms with Gasteiger partial charge in [0.25, 0.3) is 0 Å². The zero-order valence-corrected chi connectivity index (χ0v) is 14.4. The predicted molar refractivity (Wildman–Crippen MR) is 91.6 cm³/mol. The van der Waals surface area contributed by atoms with Crippen molar-refractivity contribution in [2.24, 2.45) is 0 Å². The van der Waals surface area contributed by atoms with E-state index in [0.29, 0.717) is 19.0 Å². The zero-order valence-electron chi connectivity index (χ0n) is 13.6. The lowest BCUT2D eigenvalue weighted by atomic mass is 10.3. The number of fused-ring (bicyclic) bond motifs is 1. The molecule has 1 N–H and O–H groups in total. The lowest BCUT2D eigenvalue weighted by molar-refractivity contribution is 0.0761. The molecule has 3 aromatic rings. The number of thiazole rings is 1. The Hall–Kier alpha value is -1.76. The summed E-state index contributed by atoms with van der Waals surface area (Å²) in [5.41, 5.74) is 2.86. The summed E-state index contributed by atoms with van der Waals surface area (Å²) in [6.45, 7) is 7.00. The van der Waals surface area contributed by atoms with E-state index in [4.69, 9.17) is 4.74 Å². The first kappa shape index (κ1) is 16.1. The Morgan fingerprint density at radius 2 is 2.04 bits per heavy atom. The maximum atomic E-state index is 10.0. The highest BCUT2D eigenvalue weighted by Crippen LogP contribution is 2.25. The molecule has 0 bridgehead atoms. The van der Waals surface area contributed by atoms with E-state index >= 15 is 0 Å². The van der Waals surface area contributed by atoms with Crippen molar-refractivity contribution in [3.63, 3.8) is 0 Å². The van der Waals surface area contributed by atoms with Crippen molar-refractivity contribution in [1.29, 1.82) is 0 Å². The summed E-state index contributed by atoms with van der Waals surface area (Å²) in [6.07, 6.45) is -0.614. The highest BCUT2D eigenvalue weighted by molar-refractivity contribution is 7.09. The summed E-state index contributed by atoms with van der Waals surface area (Å²) < 4.78 is 7.63. The van der Waals surface area contributed by atoms with Crippen LogP contribution >= 0.6 is 11.3 Å². The van der Waals surface area contributed by atoms with Crippen LogP contribution in [0.3, 0.4) is 0 Å². The van der Waals surface area contributed by atoms with E-state index in [-0.39, 0.29) is 6.10 Å². The Labute approximate surface area is 139 Å². The number of benzene rings is 1. The molecule has 0 unspecified atom stereocenters. The van der Waals surface area contributed by atoms with Gasteiger partial charge in [0, 0.05) is 12.0 Å². The summed E-state index contributed by atoms with van der Waals surface area (Å²) in [6, 6.07) is 7.91. The van der Waals surface area contributed by atoms with Crippen LogP contribution in [0.5, 0.6) is 0 Å². The van der Waals surface area contributed by atoms with E-state index < -0.39 is 6.10 Å². The molecule has 0 saturated carbocycles. The van der Waals surface area contributed by atoms with Gasteiger partial charge in [-0.25, -0.2) is 9.97 Å². The quantitative estimate of drug-likeness (QED) is 0.748. The van der Waals surface area contributed by atoms with Crippen molar-refractivity contribution in [3.8, 4) is 0 Å². The van der Waals surface area contributed by atoms with E-state index in [2.05, 4.69) is 9.97 Å². The minimum atomic E-state index is -0.622. The standard InChI is InChI=1S/C17H21N3O2S/c1-4-22-12(3)17-18-13(10-23-17)9-20-15-8-6-5-7-14(15)19-16(20)11(2)21/h5-8,10-12,21H,4,9H2,1-3H3/t11-,12-/m0/s1. The van der Waals surface area contributed by atoms with Crippen molar-refractivity contribution in [3.05, 3.63) is 46.2 Å². The number of nitrogens with zero attached hydrogens (tertiary/aromatic N) is 3. The maximum absolute atomic E-state index is 10.0. The zero-order chi connectivity index (χ0) is 16.4. The van der Waals surface area contributed by atoms with E-state index in [1.807, 2.05) is 48.1 Å². The van der Waals surface area contributed by atoms with Crippen LogP contribution in [0, 0.1) is 0 Å².